The van der Waals surface area contributed by atoms with Gasteiger partial charge in [-0.25, -0.2) is 4.98 Å². The quantitative estimate of drug-likeness (QED) is 0.738. The van der Waals surface area contributed by atoms with Crippen molar-refractivity contribution in [2.75, 3.05) is 20.8 Å². The van der Waals surface area contributed by atoms with Crippen LogP contribution in [0.15, 0.2) is 24.5 Å². The molecule has 6 heteroatoms. The normalized spacial score (nSPS) is 10.5. The summed E-state index contributed by atoms with van der Waals surface area (Å²) in [6, 6.07) is 3.71. The predicted molar refractivity (Wildman–Crippen MR) is 81.5 cm³/mol. The Balaban J connectivity index is 2.13. The highest BCUT2D eigenvalue weighted by Crippen LogP contribution is 2.39. The van der Waals surface area contributed by atoms with Crippen molar-refractivity contribution in [2.24, 2.45) is 7.05 Å². The molecule has 0 amide bonds. The number of imidazole rings is 1. The fraction of sp³-hybridized carbons (Fsp3) is 0.400. The number of aryl methyl sites for hydroxylation is 1. The lowest BCUT2D eigenvalue weighted by Crippen LogP contribution is -2.08. The summed E-state index contributed by atoms with van der Waals surface area (Å²) < 4.78 is 18.5. The van der Waals surface area contributed by atoms with Crippen LogP contribution in [-0.2, 0) is 19.3 Å². The minimum Gasteiger partial charge on any atom is -0.493 e. The molecule has 0 spiro atoms. The fourth-order valence-corrected chi connectivity index (χ4v) is 2.19. The number of nitrogens with zero attached hydrogens (tertiary/aromatic N) is 2. The standard InChI is InChI=1S/C15H19ClN2O3/c1-18-6-5-17-14(18)4-7-21-15-12(19-2)8-11(10-16)9-13(15)20-3/h5-6,8-9H,4,7,10H2,1-3H3. The largest absolute Gasteiger partial charge is 0.493 e. The molecule has 0 saturated carbocycles. The zero-order valence-electron chi connectivity index (χ0n) is 12.4. The maximum atomic E-state index is 5.86. The van der Waals surface area contributed by atoms with E-state index in [1.54, 1.807) is 20.4 Å². The monoisotopic (exact) mass is 310 g/mol. The molecule has 5 nitrogen and oxygen atoms in total. The Bertz CT molecular complexity index is 573. The molecule has 0 atom stereocenters. The predicted octanol–water partition coefficient (Wildman–Crippen LogP) is 2.80. The summed E-state index contributed by atoms with van der Waals surface area (Å²) in [6.45, 7) is 0.484. The summed E-state index contributed by atoms with van der Waals surface area (Å²) in [5, 5.41) is 0. The molecule has 0 saturated heterocycles. The first-order valence-electron chi connectivity index (χ1n) is 6.59. The van der Waals surface area contributed by atoms with Crippen molar-refractivity contribution < 1.29 is 14.2 Å². The van der Waals surface area contributed by atoms with Crippen LogP contribution in [0.1, 0.15) is 11.4 Å². The van der Waals surface area contributed by atoms with Gasteiger partial charge in [-0.2, -0.15) is 0 Å². The Morgan fingerprint density at radius 3 is 2.33 bits per heavy atom. The van der Waals surface area contributed by atoms with E-state index >= 15 is 0 Å². The van der Waals surface area contributed by atoms with E-state index in [1.807, 2.05) is 29.9 Å². The molecule has 21 heavy (non-hydrogen) atoms. The molecule has 0 aliphatic rings. The Hall–Kier alpha value is -1.88. The number of methoxy groups -OCH3 is 2. The first-order valence-corrected chi connectivity index (χ1v) is 7.13. The second-order valence-corrected chi connectivity index (χ2v) is 4.78. The zero-order chi connectivity index (χ0) is 15.2. The molecule has 0 aliphatic carbocycles. The van der Waals surface area contributed by atoms with Crippen molar-refractivity contribution in [2.45, 2.75) is 12.3 Å². The van der Waals surface area contributed by atoms with E-state index < -0.39 is 0 Å². The van der Waals surface area contributed by atoms with Crippen molar-refractivity contribution in [1.82, 2.24) is 9.55 Å². The molecule has 0 unspecified atom stereocenters. The van der Waals surface area contributed by atoms with Crippen molar-refractivity contribution in [1.29, 1.82) is 0 Å². The Kier molecular flexibility index (Phi) is 5.33. The van der Waals surface area contributed by atoms with E-state index in [-0.39, 0.29) is 0 Å². The highest BCUT2D eigenvalue weighted by molar-refractivity contribution is 6.17. The number of rotatable bonds is 7. The number of hydrogen-bond acceptors (Lipinski definition) is 4. The second kappa shape index (κ2) is 7.22. The molecule has 0 N–H and O–H groups in total. The number of ether oxygens (including phenoxy) is 3. The molecule has 0 bridgehead atoms. The van der Waals surface area contributed by atoms with Crippen LogP contribution in [0.2, 0.25) is 0 Å². The second-order valence-electron chi connectivity index (χ2n) is 4.52. The van der Waals surface area contributed by atoms with E-state index in [4.69, 9.17) is 25.8 Å². The van der Waals surface area contributed by atoms with Gasteiger partial charge in [0.25, 0.3) is 0 Å². The third-order valence-electron chi connectivity index (χ3n) is 3.17. The Morgan fingerprint density at radius 2 is 1.86 bits per heavy atom. The third-order valence-corrected chi connectivity index (χ3v) is 3.48. The molecule has 114 valence electrons. The first kappa shape index (κ1) is 15.5. The number of benzene rings is 1. The van der Waals surface area contributed by atoms with Crippen LogP contribution in [0, 0.1) is 0 Å². The summed E-state index contributed by atoms with van der Waals surface area (Å²) in [5.41, 5.74) is 0.918. The van der Waals surface area contributed by atoms with Crippen LogP contribution >= 0.6 is 11.6 Å². The van der Waals surface area contributed by atoms with Crippen molar-refractivity contribution in [3.8, 4) is 17.2 Å². The van der Waals surface area contributed by atoms with Gasteiger partial charge < -0.3 is 18.8 Å². The maximum absolute atomic E-state index is 5.86. The van der Waals surface area contributed by atoms with Crippen molar-refractivity contribution in [3.05, 3.63) is 35.9 Å². The van der Waals surface area contributed by atoms with Crippen LogP contribution in [-0.4, -0.2) is 30.4 Å². The summed E-state index contributed by atoms with van der Waals surface area (Å²) in [7, 11) is 5.15. The number of alkyl halides is 1. The molecule has 2 rings (SSSR count). The number of hydrogen-bond donors (Lipinski definition) is 0. The van der Waals surface area contributed by atoms with Crippen LogP contribution in [0.5, 0.6) is 17.2 Å². The van der Waals surface area contributed by atoms with Gasteiger partial charge >= 0.3 is 0 Å². The summed E-state index contributed by atoms with van der Waals surface area (Å²) in [4.78, 5) is 4.26. The summed E-state index contributed by atoms with van der Waals surface area (Å²) in [6.07, 6.45) is 4.38. The zero-order valence-corrected chi connectivity index (χ0v) is 13.2. The van der Waals surface area contributed by atoms with Gasteiger partial charge in [0.15, 0.2) is 11.5 Å². The third kappa shape index (κ3) is 3.61. The average Bonchev–Trinajstić information content (AvgIpc) is 2.92. The Morgan fingerprint density at radius 1 is 1.19 bits per heavy atom. The molecule has 1 aromatic carbocycles. The maximum Gasteiger partial charge on any atom is 0.203 e. The lowest BCUT2D eigenvalue weighted by Gasteiger charge is -2.15. The summed E-state index contributed by atoms with van der Waals surface area (Å²) in [5.74, 6) is 3.17. The molecule has 0 aliphatic heterocycles. The van der Waals surface area contributed by atoms with E-state index in [2.05, 4.69) is 4.98 Å². The average molecular weight is 311 g/mol. The number of halogens is 1. The molecule has 1 aromatic heterocycles. The van der Waals surface area contributed by atoms with Crippen molar-refractivity contribution in [3.63, 3.8) is 0 Å². The van der Waals surface area contributed by atoms with E-state index in [0.717, 1.165) is 11.4 Å². The van der Waals surface area contributed by atoms with E-state index in [9.17, 15) is 0 Å². The Labute approximate surface area is 129 Å². The van der Waals surface area contributed by atoms with Crippen LogP contribution in [0.25, 0.3) is 0 Å². The summed E-state index contributed by atoms with van der Waals surface area (Å²) >= 11 is 5.86. The highest BCUT2D eigenvalue weighted by Gasteiger charge is 2.14. The van der Waals surface area contributed by atoms with Gasteiger partial charge in [-0.05, 0) is 17.7 Å². The van der Waals surface area contributed by atoms with Crippen LogP contribution < -0.4 is 14.2 Å². The highest BCUT2D eigenvalue weighted by atomic mass is 35.5. The lowest BCUT2D eigenvalue weighted by molar-refractivity contribution is 0.275. The molecule has 0 radical (unpaired) electrons. The fourth-order valence-electron chi connectivity index (χ4n) is 2.04. The molecule has 1 heterocycles. The molecular weight excluding hydrogens is 292 g/mol. The minimum atomic E-state index is 0.389. The first-order chi connectivity index (χ1) is 10.2. The smallest absolute Gasteiger partial charge is 0.203 e. The minimum absolute atomic E-state index is 0.389. The number of aromatic nitrogens is 2. The van der Waals surface area contributed by atoms with Crippen molar-refractivity contribution >= 4 is 11.6 Å². The van der Waals surface area contributed by atoms with Gasteiger partial charge in [0.2, 0.25) is 5.75 Å². The van der Waals surface area contributed by atoms with Gasteiger partial charge in [-0.15, -0.1) is 11.6 Å². The van der Waals surface area contributed by atoms with Gasteiger partial charge in [0, 0.05) is 31.7 Å². The molecular formula is C15H19ClN2O3. The molecule has 0 fully saturated rings. The van der Waals surface area contributed by atoms with Gasteiger partial charge in [0.1, 0.15) is 5.82 Å². The van der Waals surface area contributed by atoms with Gasteiger partial charge in [-0.1, -0.05) is 0 Å². The van der Waals surface area contributed by atoms with Crippen LogP contribution in [0.3, 0.4) is 0 Å². The van der Waals surface area contributed by atoms with E-state index in [0.29, 0.717) is 36.2 Å². The van der Waals surface area contributed by atoms with Gasteiger partial charge in [-0.3, -0.25) is 0 Å². The topological polar surface area (TPSA) is 45.5 Å². The van der Waals surface area contributed by atoms with E-state index in [1.165, 1.54) is 0 Å². The lowest BCUT2D eigenvalue weighted by atomic mass is 10.2. The molecule has 2 aromatic rings. The SMILES string of the molecule is COc1cc(CCl)cc(OC)c1OCCc1nccn1C. The van der Waals surface area contributed by atoms with Gasteiger partial charge in [0.05, 0.1) is 20.8 Å². The van der Waals surface area contributed by atoms with Crippen LogP contribution in [0.4, 0.5) is 0 Å².